The van der Waals surface area contributed by atoms with Crippen LogP contribution < -0.4 is 57.6 Å². The van der Waals surface area contributed by atoms with E-state index in [9.17, 15) is 38.7 Å². The zero-order valence-corrected chi connectivity index (χ0v) is 34.8. The summed E-state index contributed by atoms with van der Waals surface area (Å²) in [7, 11) is 4.09. The molecule has 0 aliphatic rings. The molecule has 0 spiro atoms. The molecule has 3 rings (SSSR count). The topological polar surface area (TPSA) is 292 Å². The molecule has 0 saturated carbocycles. The second-order valence-corrected chi connectivity index (χ2v) is 13.9. The monoisotopic (exact) mass is 848 g/mol. The van der Waals surface area contributed by atoms with Gasteiger partial charge in [-0.15, -0.1) is 0 Å². The zero-order valence-electron chi connectivity index (χ0n) is 34.8. The second kappa shape index (κ2) is 25.0. The lowest BCUT2D eigenvalue weighted by atomic mass is 10.1. The summed E-state index contributed by atoms with van der Waals surface area (Å²) in [5.74, 6) is -3.99. The van der Waals surface area contributed by atoms with Crippen LogP contribution in [-0.4, -0.2) is 99.6 Å². The Labute approximate surface area is 354 Å². The van der Waals surface area contributed by atoms with Crippen LogP contribution in [0.4, 0.5) is 17.1 Å². The highest BCUT2D eigenvalue weighted by Crippen LogP contribution is 2.26. The number of ether oxygens (including phenoxy) is 3. The maximum Gasteiger partial charge on any atom is 0.303 e. The number of carboxylic acid groups (broad SMARTS) is 1. The van der Waals surface area contributed by atoms with Gasteiger partial charge < -0.3 is 62.7 Å². The van der Waals surface area contributed by atoms with Gasteiger partial charge in [0.25, 0.3) is 17.7 Å². The van der Waals surface area contributed by atoms with E-state index in [1.807, 2.05) is 6.92 Å². The highest BCUT2D eigenvalue weighted by Gasteiger charge is 2.27. The van der Waals surface area contributed by atoms with Crippen molar-refractivity contribution in [1.82, 2.24) is 16.0 Å². The van der Waals surface area contributed by atoms with Crippen molar-refractivity contribution in [2.24, 2.45) is 11.5 Å². The number of rotatable bonds is 26. The number of nitrogens with one attached hydrogen (secondary N) is 6. The van der Waals surface area contributed by atoms with E-state index in [-0.39, 0.29) is 64.1 Å². The van der Waals surface area contributed by atoms with E-state index in [4.69, 9.17) is 25.7 Å². The second-order valence-electron chi connectivity index (χ2n) is 13.9. The average molecular weight is 849 g/mol. The summed E-state index contributed by atoms with van der Waals surface area (Å²) >= 11 is 0. The Bertz CT molecular complexity index is 2010. The maximum atomic E-state index is 13.9. The minimum Gasteiger partial charge on any atom is -0.496 e. The fourth-order valence-corrected chi connectivity index (χ4v) is 6.17. The van der Waals surface area contributed by atoms with Crippen LogP contribution >= 0.6 is 0 Å². The summed E-state index contributed by atoms with van der Waals surface area (Å²) in [6.07, 6.45) is 3.28. The minimum absolute atomic E-state index is 0.0341. The number of unbranched alkanes of at least 4 members (excludes halogenated alkanes) is 2. The van der Waals surface area contributed by atoms with Crippen LogP contribution in [0.1, 0.15) is 89.4 Å². The van der Waals surface area contributed by atoms with Crippen LogP contribution in [0.5, 0.6) is 17.2 Å². The molecule has 0 radical (unpaired) electrons. The number of methoxy groups -OCH3 is 3. The molecule has 0 bridgehead atoms. The molecule has 0 heterocycles. The number of aliphatic carboxylic acids is 1. The fraction of sp³-hybridized carbons (Fsp3) is 0.405. The first kappa shape index (κ1) is 48.6. The molecule has 0 saturated heterocycles. The number of hydrogen-bond donors (Lipinski definition) is 9. The molecule has 0 aromatic heterocycles. The van der Waals surface area contributed by atoms with Crippen LogP contribution in [-0.2, 0) is 19.2 Å². The smallest absolute Gasteiger partial charge is 0.303 e. The normalized spacial score (nSPS) is 12.1. The number of carboxylic acids is 1. The standard InChI is InChI=1S/C42H56N8O11/c1-25(9-5-7-19-43)46-38(54)30-22-27(12-16-35(30)60-3)47-41(57)32(10-6-8-20-44)49-40(56)31-23-28(13-17-36(31)61-4)48-42(58)33(14-18-37(52)53)50-39(55)29-21-26(45-24-51)11-15-34(29)59-2/h11-13,15-17,21-25,32-33H,5-10,14,18-20,43-44H2,1-4H3,(H,45,51)(H,46,54)(H,47,57)(H,48,58)(H,49,56)(H,50,55)(H,52,53). The summed E-state index contributed by atoms with van der Waals surface area (Å²) in [4.78, 5) is 90.4. The largest absolute Gasteiger partial charge is 0.496 e. The molecule has 0 aliphatic carbocycles. The third-order valence-electron chi connectivity index (χ3n) is 9.40. The average Bonchev–Trinajstić information content (AvgIpc) is 3.24. The molecule has 6 amide bonds. The Balaban J connectivity index is 1.85. The molecule has 0 aliphatic heterocycles. The summed E-state index contributed by atoms with van der Waals surface area (Å²) in [5.41, 5.74) is 12.0. The summed E-state index contributed by atoms with van der Waals surface area (Å²) in [5, 5.41) is 25.4. The molecule has 3 unspecified atom stereocenters. The Morgan fingerprint density at radius 3 is 1.44 bits per heavy atom. The van der Waals surface area contributed by atoms with Crippen molar-refractivity contribution in [3.63, 3.8) is 0 Å². The van der Waals surface area contributed by atoms with Crippen molar-refractivity contribution in [1.29, 1.82) is 0 Å². The minimum atomic E-state index is -1.37. The molecule has 61 heavy (non-hydrogen) atoms. The predicted octanol–water partition coefficient (Wildman–Crippen LogP) is 3.00. The van der Waals surface area contributed by atoms with Crippen molar-refractivity contribution in [3.05, 3.63) is 71.3 Å². The van der Waals surface area contributed by atoms with E-state index in [2.05, 4.69) is 31.9 Å². The number of anilines is 3. The van der Waals surface area contributed by atoms with Crippen LogP contribution in [0, 0.1) is 0 Å². The molecule has 19 nitrogen and oxygen atoms in total. The van der Waals surface area contributed by atoms with Gasteiger partial charge in [0.2, 0.25) is 18.2 Å². The van der Waals surface area contributed by atoms with Crippen molar-refractivity contribution in [2.75, 3.05) is 50.4 Å². The van der Waals surface area contributed by atoms with Gasteiger partial charge in [-0.2, -0.15) is 0 Å². The Kier molecular flexibility index (Phi) is 19.9. The maximum absolute atomic E-state index is 13.9. The van der Waals surface area contributed by atoms with Gasteiger partial charge in [0.15, 0.2) is 0 Å². The van der Waals surface area contributed by atoms with E-state index in [0.717, 1.165) is 19.3 Å². The molecular weight excluding hydrogens is 793 g/mol. The highest BCUT2D eigenvalue weighted by atomic mass is 16.5. The van der Waals surface area contributed by atoms with E-state index in [0.29, 0.717) is 38.1 Å². The van der Waals surface area contributed by atoms with Gasteiger partial charge in [0, 0.05) is 29.5 Å². The van der Waals surface area contributed by atoms with Crippen LogP contribution in [0.2, 0.25) is 0 Å². The van der Waals surface area contributed by atoms with Gasteiger partial charge in [-0.05, 0) is 113 Å². The van der Waals surface area contributed by atoms with Gasteiger partial charge in [0.1, 0.15) is 29.3 Å². The lowest BCUT2D eigenvalue weighted by molar-refractivity contribution is -0.137. The fourth-order valence-electron chi connectivity index (χ4n) is 6.17. The molecule has 0 fully saturated rings. The van der Waals surface area contributed by atoms with Gasteiger partial charge in [-0.25, -0.2) is 0 Å². The quantitative estimate of drug-likeness (QED) is 0.0415. The van der Waals surface area contributed by atoms with Gasteiger partial charge in [0.05, 0.1) is 38.0 Å². The molecule has 330 valence electrons. The van der Waals surface area contributed by atoms with Crippen molar-refractivity contribution in [2.45, 2.75) is 76.4 Å². The Morgan fingerprint density at radius 2 is 1.02 bits per heavy atom. The third kappa shape index (κ3) is 15.1. The molecule has 11 N–H and O–H groups in total. The first-order chi connectivity index (χ1) is 29.3. The Hall–Kier alpha value is -6.73. The lowest BCUT2D eigenvalue weighted by Crippen LogP contribution is -2.44. The van der Waals surface area contributed by atoms with Crippen molar-refractivity contribution in [3.8, 4) is 17.2 Å². The molecule has 3 atom stereocenters. The molecule has 19 heteroatoms. The SMILES string of the molecule is COc1ccc(NC(=O)C(CCCCN)NC(=O)c2cc(NC(=O)C(CCC(=O)O)NC(=O)c3cc(NC=O)ccc3OC)ccc2OC)cc1C(=O)NC(C)CCCCN. The zero-order chi connectivity index (χ0) is 44.9. The van der Waals surface area contributed by atoms with E-state index in [1.54, 1.807) is 12.1 Å². The summed E-state index contributed by atoms with van der Waals surface area (Å²) in [6.45, 7) is 2.79. The van der Waals surface area contributed by atoms with Gasteiger partial charge in [-0.1, -0.05) is 6.42 Å². The van der Waals surface area contributed by atoms with E-state index in [1.165, 1.54) is 63.8 Å². The summed E-state index contributed by atoms with van der Waals surface area (Å²) < 4.78 is 16.1. The van der Waals surface area contributed by atoms with Crippen molar-refractivity contribution >= 4 is 59.0 Å². The molecular formula is C42H56N8O11. The van der Waals surface area contributed by atoms with Crippen molar-refractivity contribution < 1.29 is 52.9 Å². The van der Waals surface area contributed by atoms with Gasteiger partial charge in [-0.3, -0.25) is 33.6 Å². The first-order valence-electron chi connectivity index (χ1n) is 19.7. The Morgan fingerprint density at radius 1 is 0.607 bits per heavy atom. The molecule has 3 aromatic rings. The van der Waals surface area contributed by atoms with Crippen LogP contribution in [0.15, 0.2) is 54.6 Å². The number of benzene rings is 3. The van der Waals surface area contributed by atoms with Crippen LogP contribution in [0.3, 0.4) is 0 Å². The predicted molar refractivity (Wildman–Crippen MR) is 228 cm³/mol. The highest BCUT2D eigenvalue weighted by molar-refractivity contribution is 6.06. The third-order valence-corrected chi connectivity index (χ3v) is 9.40. The van der Waals surface area contributed by atoms with E-state index < -0.39 is 54.0 Å². The number of nitrogens with two attached hydrogens (primary N) is 2. The lowest BCUT2D eigenvalue weighted by Gasteiger charge is -2.21. The first-order valence-corrected chi connectivity index (χ1v) is 19.7. The number of hydrogen-bond acceptors (Lipinski definition) is 12. The van der Waals surface area contributed by atoms with Gasteiger partial charge >= 0.3 is 5.97 Å². The summed E-state index contributed by atoms with van der Waals surface area (Å²) in [6, 6.07) is 10.4. The molecule has 3 aromatic carbocycles. The van der Waals surface area contributed by atoms with E-state index >= 15 is 0 Å². The van der Waals surface area contributed by atoms with Crippen LogP contribution in [0.25, 0.3) is 0 Å². The number of amides is 6. The number of carbonyl (C=O) groups is 7. The number of carbonyl (C=O) groups excluding carboxylic acids is 6.